The second-order valence-corrected chi connectivity index (χ2v) is 5.99. The fraction of sp³-hybridized carbons (Fsp3) is 0.188. The highest BCUT2D eigenvalue weighted by Gasteiger charge is 2.08. The fourth-order valence-corrected chi connectivity index (χ4v) is 2.53. The molecule has 0 radical (unpaired) electrons. The second kappa shape index (κ2) is 7.51. The SMILES string of the molecule is COc1ccc(Br)c(NCC(=O)Nc2ccc(C)cc2Cl)c1. The number of methoxy groups -OCH3 is 1. The van der Waals surface area contributed by atoms with Crippen molar-refractivity contribution in [3.8, 4) is 5.75 Å². The minimum atomic E-state index is -0.180. The maximum atomic E-state index is 12.0. The summed E-state index contributed by atoms with van der Waals surface area (Å²) in [6, 6.07) is 11.0. The van der Waals surface area contributed by atoms with Crippen LogP contribution in [0.4, 0.5) is 11.4 Å². The Morgan fingerprint density at radius 1 is 1.23 bits per heavy atom. The number of amides is 1. The van der Waals surface area contributed by atoms with Crippen LogP contribution in [-0.2, 0) is 4.79 Å². The third-order valence-electron chi connectivity index (χ3n) is 3.01. The standard InChI is InChI=1S/C16H16BrClN2O2/c1-10-3-6-14(13(18)7-10)20-16(21)9-19-15-8-11(22-2)4-5-12(15)17/h3-8,19H,9H2,1-2H3,(H,20,21). The van der Waals surface area contributed by atoms with Crippen molar-refractivity contribution in [1.29, 1.82) is 0 Å². The third-order valence-corrected chi connectivity index (χ3v) is 4.02. The first-order valence-corrected chi connectivity index (χ1v) is 7.80. The zero-order valence-corrected chi connectivity index (χ0v) is 14.6. The summed E-state index contributed by atoms with van der Waals surface area (Å²) < 4.78 is 6.02. The molecular weight excluding hydrogens is 368 g/mol. The van der Waals surface area contributed by atoms with Gasteiger partial charge in [-0.1, -0.05) is 17.7 Å². The molecule has 6 heteroatoms. The molecule has 22 heavy (non-hydrogen) atoms. The molecule has 0 aliphatic rings. The average Bonchev–Trinajstić information content (AvgIpc) is 2.49. The number of anilines is 2. The van der Waals surface area contributed by atoms with Crippen molar-refractivity contribution in [3.63, 3.8) is 0 Å². The highest BCUT2D eigenvalue weighted by molar-refractivity contribution is 9.10. The molecule has 0 unspecified atom stereocenters. The van der Waals surface area contributed by atoms with Crippen LogP contribution in [0.25, 0.3) is 0 Å². The molecule has 2 N–H and O–H groups in total. The summed E-state index contributed by atoms with van der Waals surface area (Å²) in [5.74, 6) is 0.535. The molecule has 0 heterocycles. The Morgan fingerprint density at radius 2 is 2.00 bits per heavy atom. The maximum absolute atomic E-state index is 12.0. The summed E-state index contributed by atoms with van der Waals surface area (Å²) in [5.41, 5.74) is 2.43. The lowest BCUT2D eigenvalue weighted by atomic mass is 10.2. The molecule has 0 bridgehead atoms. The molecule has 4 nitrogen and oxygen atoms in total. The Bertz CT molecular complexity index is 692. The first kappa shape index (κ1) is 16.6. The van der Waals surface area contributed by atoms with Gasteiger partial charge >= 0.3 is 0 Å². The molecule has 0 aliphatic carbocycles. The van der Waals surface area contributed by atoms with E-state index < -0.39 is 0 Å². The van der Waals surface area contributed by atoms with E-state index in [1.54, 1.807) is 13.2 Å². The van der Waals surface area contributed by atoms with Crippen molar-refractivity contribution in [3.05, 3.63) is 51.5 Å². The number of aryl methyl sites for hydroxylation is 1. The van der Waals surface area contributed by atoms with Crippen molar-refractivity contribution < 1.29 is 9.53 Å². The quantitative estimate of drug-likeness (QED) is 0.801. The molecule has 0 saturated carbocycles. The molecule has 0 fully saturated rings. The van der Waals surface area contributed by atoms with Crippen LogP contribution >= 0.6 is 27.5 Å². The van der Waals surface area contributed by atoms with Gasteiger partial charge in [0.15, 0.2) is 0 Å². The first-order chi connectivity index (χ1) is 10.5. The van der Waals surface area contributed by atoms with Crippen molar-refractivity contribution >= 4 is 44.8 Å². The van der Waals surface area contributed by atoms with E-state index in [0.29, 0.717) is 16.5 Å². The van der Waals surface area contributed by atoms with Gasteiger partial charge in [0, 0.05) is 10.5 Å². The normalized spacial score (nSPS) is 10.2. The fourth-order valence-electron chi connectivity index (χ4n) is 1.86. The summed E-state index contributed by atoms with van der Waals surface area (Å²) in [5, 5.41) is 6.36. The number of nitrogens with one attached hydrogen (secondary N) is 2. The van der Waals surface area contributed by atoms with Gasteiger partial charge in [-0.3, -0.25) is 4.79 Å². The van der Waals surface area contributed by atoms with Crippen molar-refractivity contribution in [1.82, 2.24) is 0 Å². The van der Waals surface area contributed by atoms with Gasteiger partial charge in [-0.15, -0.1) is 0 Å². The zero-order valence-electron chi connectivity index (χ0n) is 12.2. The van der Waals surface area contributed by atoms with Crippen LogP contribution in [0.2, 0.25) is 5.02 Å². The van der Waals surface area contributed by atoms with Gasteiger partial charge in [0.1, 0.15) is 5.75 Å². The van der Waals surface area contributed by atoms with Gasteiger partial charge in [0.2, 0.25) is 5.91 Å². The predicted octanol–water partition coefficient (Wildman–Crippen LogP) is 4.47. The molecule has 2 aromatic carbocycles. The number of carbonyl (C=O) groups excluding carboxylic acids is 1. The number of carbonyl (C=O) groups is 1. The molecule has 0 aliphatic heterocycles. The highest BCUT2D eigenvalue weighted by Crippen LogP contribution is 2.27. The van der Waals surface area contributed by atoms with Crippen molar-refractivity contribution in [2.75, 3.05) is 24.3 Å². The lowest BCUT2D eigenvalue weighted by molar-refractivity contribution is -0.114. The van der Waals surface area contributed by atoms with Gasteiger partial charge < -0.3 is 15.4 Å². The molecule has 0 aromatic heterocycles. The van der Waals surface area contributed by atoms with E-state index in [4.69, 9.17) is 16.3 Å². The van der Waals surface area contributed by atoms with Gasteiger partial charge in [-0.25, -0.2) is 0 Å². The van der Waals surface area contributed by atoms with E-state index in [9.17, 15) is 4.79 Å². The Hall–Kier alpha value is -1.72. The van der Waals surface area contributed by atoms with Crippen molar-refractivity contribution in [2.24, 2.45) is 0 Å². The molecule has 0 saturated heterocycles. The van der Waals surface area contributed by atoms with Crippen molar-refractivity contribution in [2.45, 2.75) is 6.92 Å². The summed E-state index contributed by atoms with van der Waals surface area (Å²) in [6.45, 7) is 2.06. The van der Waals surface area contributed by atoms with E-state index in [0.717, 1.165) is 15.7 Å². The van der Waals surface area contributed by atoms with Gasteiger partial charge in [0.05, 0.1) is 30.1 Å². The molecule has 0 atom stereocenters. The largest absolute Gasteiger partial charge is 0.497 e. The first-order valence-electron chi connectivity index (χ1n) is 6.63. The van der Waals surface area contributed by atoms with Crippen LogP contribution < -0.4 is 15.4 Å². The van der Waals surface area contributed by atoms with Crippen LogP contribution in [0.1, 0.15) is 5.56 Å². The van der Waals surface area contributed by atoms with Gasteiger partial charge in [-0.2, -0.15) is 0 Å². The number of halogens is 2. The number of benzene rings is 2. The topological polar surface area (TPSA) is 50.4 Å². The predicted molar refractivity (Wildman–Crippen MR) is 94.0 cm³/mol. The molecule has 2 rings (SSSR count). The minimum Gasteiger partial charge on any atom is -0.497 e. The number of hydrogen-bond acceptors (Lipinski definition) is 3. The molecule has 116 valence electrons. The van der Waals surface area contributed by atoms with E-state index in [1.165, 1.54) is 0 Å². The number of rotatable bonds is 5. The molecular formula is C16H16BrClN2O2. The zero-order chi connectivity index (χ0) is 16.1. The monoisotopic (exact) mass is 382 g/mol. The Balaban J connectivity index is 1.98. The smallest absolute Gasteiger partial charge is 0.243 e. The highest BCUT2D eigenvalue weighted by atomic mass is 79.9. The number of hydrogen-bond donors (Lipinski definition) is 2. The number of ether oxygens (including phenoxy) is 1. The maximum Gasteiger partial charge on any atom is 0.243 e. The Kier molecular flexibility index (Phi) is 5.69. The Morgan fingerprint density at radius 3 is 2.68 bits per heavy atom. The van der Waals surface area contributed by atoms with Crippen LogP contribution in [-0.4, -0.2) is 19.6 Å². The van der Waals surface area contributed by atoms with E-state index in [2.05, 4.69) is 26.6 Å². The Labute approximate surface area is 142 Å². The van der Waals surface area contributed by atoms with E-state index in [-0.39, 0.29) is 12.5 Å². The molecule has 2 aromatic rings. The van der Waals surface area contributed by atoms with Gasteiger partial charge in [-0.05, 0) is 52.7 Å². The van der Waals surface area contributed by atoms with Gasteiger partial charge in [0.25, 0.3) is 0 Å². The van der Waals surface area contributed by atoms with Crippen LogP contribution in [0.5, 0.6) is 5.75 Å². The van der Waals surface area contributed by atoms with Crippen LogP contribution in [0.15, 0.2) is 40.9 Å². The molecule has 0 spiro atoms. The lowest BCUT2D eigenvalue weighted by Gasteiger charge is -2.11. The van der Waals surface area contributed by atoms with Crippen LogP contribution in [0, 0.1) is 6.92 Å². The average molecular weight is 384 g/mol. The van der Waals surface area contributed by atoms with E-state index in [1.807, 2.05) is 37.3 Å². The van der Waals surface area contributed by atoms with Crippen LogP contribution in [0.3, 0.4) is 0 Å². The second-order valence-electron chi connectivity index (χ2n) is 4.73. The summed E-state index contributed by atoms with van der Waals surface area (Å²) in [6.07, 6.45) is 0. The molecule has 1 amide bonds. The minimum absolute atomic E-state index is 0.121. The lowest BCUT2D eigenvalue weighted by Crippen LogP contribution is -2.22. The summed E-state index contributed by atoms with van der Waals surface area (Å²) >= 11 is 9.52. The third kappa shape index (κ3) is 4.39. The summed E-state index contributed by atoms with van der Waals surface area (Å²) in [4.78, 5) is 12.0. The summed E-state index contributed by atoms with van der Waals surface area (Å²) in [7, 11) is 1.60. The van der Waals surface area contributed by atoms with E-state index >= 15 is 0 Å².